The van der Waals surface area contributed by atoms with Crippen molar-refractivity contribution >= 4 is 11.2 Å². The van der Waals surface area contributed by atoms with Crippen LogP contribution in [-0.4, -0.2) is 25.8 Å². The Morgan fingerprint density at radius 2 is 1.60 bits per heavy atom. The van der Waals surface area contributed by atoms with Gasteiger partial charge in [-0.15, -0.1) is 0 Å². The van der Waals surface area contributed by atoms with Gasteiger partial charge in [0.1, 0.15) is 5.75 Å². The van der Waals surface area contributed by atoms with Crippen LogP contribution in [0.5, 0.6) is 5.75 Å². The lowest BCUT2D eigenvalue weighted by molar-refractivity contribution is 0.412. The van der Waals surface area contributed by atoms with Gasteiger partial charge in [0.2, 0.25) is 0 Å². The van der Waals surface area contributed by atoms with Crippen molar-refractivity contribution < 1.29 is 4.74 Å². The van der Waals surface area contributed by atoms with Gasteiger partial charge in [-0.25, -0.2) is 14.3 Å². The molecule has 0 fully saturated rings. The molecular formula is C23H24N4O3. The molecule has 4 aromatic rings. The molecule has 154 valence electrons. The molecule has 4 rings (SSSR count). The Kier molecular flexibility index (Phi) is 5.03. The fourth-order valence-electron chi connectivity index (χ4n) is 3.79. The Balaban J connectivity index is 2.11. The van der Waals surface area contributed by atoms with Gasteiger partial charge in [-0.3, -0.25) is 9.36 Å². The van der Waals surface area contributed by atoms with Gasteiger partial charge >= 0.3 is 5.69 Å². The van der Waals surface area contributed by atoms with Crippen molar-refractivity contribution in [3.05, 3.63) is 87.3 Å². The molecule has 2 aromatic carbocycles. The Labute approximate surface area is 173 Å². The Morgan fingerprint density at radius 3 is 2.27 bits per heavy atom. The fourth-order valence-corrected chi connectivity index (χ4v) is 3.79. The first-order valence-electron chi connectivity index (χ1n) is 9.88. The van der Waals surface area contributed by atoms with Gasteiger partial charge < -0.3 is 9.30 Å². The summed E-state index contributed by atoms with van der Waals surface area (Å²) in [6.45, 7) is 5.65. The van der Waals surface area contributed by atoms with E-state index in [1.54, 1.807) is 25.6 Å². The molecule has 1 atom stereocenters. The first-order valence-corrected chi connectivity index (χ1v) is 9.88. The molecule has 2 heterocycles. The van der Waals surface area contributed by atoms with Crippen LogP contribution in [0.15, 0.2) is 70.5 Å². The highest BCUT2D eigenvalue weighted by atomic mass is 16.5. The maximum Gasteiger partial charge on any atom is 0.337 e. The summed E-state index contributed by atoms with van der Waals surface area (Å²) in [5.41, 5.74) is 1.49. The second-order valence-electron chi connectivity index (χ2n) is 7.47. The summed E-state index contributed by atoms with van der Waals surface area (Å²) >= 11 is 0. The van der Waals surface area contributed by atoms with Crippen LogP contribution < -0.4 is 16.0 Å². The monoisotopic (exact) mass is 404 g/mol. The second kappa shape index (κ2) is 7.67. The minimum absolute atomic E-state index is 0.131. The highest BCUT2D eigenvalue weighted by Crippen LogP contribution is 2.26. The number of para-hydroxylation sites is 2. The number of benzene rings is 2. The van der Waals surface area contributed by atoms with Crippen LogP contribution in [0.3, 0.4) is 0 Å². The molecule has 0 amide bonds. The molecule has 0 bridgehead atoms. The van der Waals surface area contributed by atoms with Crippen molar-refractivity contribution in [1.29, 1.82) is 0 Å². The maximum atomic E-state index is 13.4. The van der Waals surface area contributed by atoms with Crippen LogP contribution in [0.4, 0.5) is 0 Å². The molecule has 30 heavy (non-hydrogen) atoms. The summed E-state index contributed by atoms with van der Waals surface area (Å²) in [6.07, 6.45) is 1.62. The molecule has 0 aliphatic carbocycles. The van der Waals surface area contributed by atoms with E-state index in [1.807, 2.05) is 67.8 Å². The summed E-state index contributed by atoms with van der Waals surface area (Å²) in [5, 5.41) is 0. The number of hydrogen-bond donors (Lipinski definition) is 0. The number of hydrogen-bond acceptors (Lipinski definition) is 4. The average molecular weight is 404 g/mol. The summed E-state index contributed by atoms with van der Waals surface area (Å²) < 4.78 is 10.0. The number of nitrogens with zero attached hydrogens (tertiary/aromatic N) is 4. The zero-order chi connectivity index (χ0) is 21.4. The van der Waals surface area contributed by atoms with E-state index in [9.17, 15) is 9.59 Å². The van der Waals surface area contributed by atoms with E-state index < -0.39 is 5.69 Å². The van der Waals surface area contributed by atoms with Crippen molar-refractivity contribution in [2.75, 3.05) is 7.11 Å². The van der Waals surface area contributed by atoms with Gasteiger partial charge in [0.05, 0.1) is 25.2 Å². The van der Waals surface area contributed by atoms with Crippen LogP contribution in [0.1, 0.15) is 38.4 Å². The third kappa shape index (κ3) is 3.03. The molecule has 0 spiro atoms. The standard InChI is InChI=1S/C23H24N4O3/c1-15(2)26-22(28)20-21(24-14-25(20)16(3)17-10-6-5-7-11-17)27(23(26)29)18-12-8-9-13-19(18)30-4/h5-16H,1-4H3. The lowest BCUT2D eigenvalue weighted by atomic mass is 10.1. The first-order chi connectivity index (χ1) is 14.5. The largest absolute Gasteiger partial charge is 0.495 e. The summed E-state index contributed by atoms with van der Waals surface area (Å²) in [5.74, 6) is 0.528. The maximum absolute atomic E-state index is 13.4. The quantitative estimate of drug-likeness (QED) is 0.510. The first kappa shape index (κ1) is 19.7. The molecule has 0 N–H and O–H groups in total. The summed E-state index contributed by atoms with van der Waals surface area (Å²) in [7, 11) is 1.55. The smallest absolute Gasteiger partial charge is 0.337 e. The van der Waals surface area contributed by atoms with Crippen molar-refractivity contribution in [3.8, 4) is 11.4 Å². The summed E-state index contributed by atoms with van der Waals surface area (Å²) in [6, 6.07) is 16.7. The van der Waals surface area contributed by atoms with Crippen molar-refractivity contribution in [3.63, 3.8) is 0 Å². The molecule has 0 saturated carbocycles. The second-order valence-corrected chi connectivity index (χ2v) is 7.47. The molecule has 0 aliphatic rings. The molecular weight excluding hydrogens is 380 g/mol. The highest BCUT2D eigenvalue weighted by Gasteiger charge is 2.24. The summed E-state index contributed by atoms with van der Waals surface area (Å²) in [4.78, 5) is 31.3. The highest BCUT2D eigenvalue weighted by molar-refractivity contribution is 5.73. The number of rotatable bonds is 5. The lowest BCUT2D eigenvalue weighted by Crippen LogP contribution is -2.41. The molecule has 0 aliphatic heterocycles. The van der Waals surface area contributed by atoms with Crippen LogP contribution in [-0.2, 0) is 0 Å². The lowest BCUT2D eigenvalue weighted by Gasteiger charge is -2.18. The number of imidazole rings is 1. The third-order valence-electron chi connectivity index (χ3n) is 5.35. The zero-order valence-corrected chi connectivity index (χ0v) is 17.4. The fraction of sp³-hybridized carbons (Fsp3) is 0.261. The zero-order valence-electron chi connectivity index (χ0n) is 17.4. The van der Waals surface area contributed by atoms with Gasteiger partial charge in [-0.05, 0) is 38.5 Å². The third-order valence-corrected chi connectivity index (χ3v) is 5.35. The molecule has 7 heteroatoms. The number of fused-ring (bicyclic) bond motifs is 1. The predicted molar refractivity (Wildman–Crippen MR) is 117 cm³/mol. The Bertz CT molecular complexity index is 1320. The van der Waals surface area contributed by atoms with Gasteiger partial charge in [-0.2, -0.15) is 0 Å². The van der Waals surface area contributed by atoms with Gasteiger partial charge in [-0.1, -0.05) is 42.5 Å². The van der Waals surface area contributed by atoms with Gasteiger partial charge in [0, 0.05) is 6.04 Å². The van der Waals surface area contributed by atoms with Crippen LogP contribution >= 0.6 is 0 Å². The molecule has 2 aromatic heterocycles. The molecule has 0 radical (unpaired) electrons. The van der Waals surface area contributed by atoms with Crippen molar-refractivity contribution in [2.24, 2.45) is 0 Å². The van der Waals surface area contributed by atoms with E-state index in [-0.39, 0.29) is 17.6 Å². The molecule has 0 saturated heterocycles. The van der Waals surface area contributed by atoms with Crippen molar-refractivity contribution in [1.82, 2.24) is 18.7 Å². The normalized spacial score (nSPS) is 12.4. The van der Waals surface area contributed by atoms with E-state index in [2.05, 4.69) is 4.98 Å². The van der Waals surface area contributed by atoms with Crippen LogP contribution in [0.2, 0.25) is 0 Å². The molecule has 7 nitrogen and oxygen atoms in total. The Morgan fingerprint density at radius 1 is 0.933 bits per heavy atom. The number of ether oxygens (including phenoxy) is 1. The van der Waals surface area contributed by atoms with E-state index in [4.69, 9.17) is 4.74 Å². The molecule has 1 unspecified atom stereocenters. The van der Waals surface area contributed by atoms with Crippen LogP contribution in [0, 0.1) is 0 Å². The predicted octanol–water partition coefficient (Wildman–Crippen LogP) is 3.55. The van der Waals surface area contributed by atoms with Gasteiger partial charge in [0.15, 0.2) is 11.2 Å². The van der Waals surface area contributed by atoms with Crippen molar-refractivity contribution in [2.45, 2.75) is 32.9 Å². The van der Waals surface area contributed by atoms with E-state index in [0.717, 1.165) is 5.56 Å². The van der Waals surface area contributed by atoms with E-state index in [1.165, 1.54) is 9.13 Å². The minimum Gasteiger partial charge on any atom is -0.495 e. The van der Waals surface area contributed by atoms with E-state index in [0.29, 0.717) is 22.6 Å². The Hall–Kier alpha value is -3.61. The number of aromatic nitrogens is 4. The minimum atomic E-state index is -0.440. The SMILES string of the molecule is COc1ccccc1-n1c(=O)n(C(C)C)c(=O)c2c1ncn2C(C)c1ccccc1. The van der Waals surface area contributed by atoms with E-state index >= 15 is 0 Å². The topological polar surface area (TPSA) is 71.1 Å². The van der Waals surface area contributed by atoms with Gasteiger partial charge in [0.25, 0.3) is 5.56 Å². The van der Waals surface area contributed by atoms with Crippen LogP contribution in [0.25, 0.3) is 16.9 Å². The average Bonchev–Trinajstić information content (AvgIpc) is 3.19. The number of methoxy groups -OCH3 is 1.